The van der Waals surface area contributed by atoms with E-state index in [1.165, 1.54) is 83.5 Å². The lowest BCUT2D eigenvalue weighted by Gasteiger charge is -2.22. The van der Waals surface area contributed by atoms with Crippen molar-refractivity contribution in [1.82, 2.24) is 0 Å². The molecule has 0 radical (unpaired) electrons. The molecule has 0 aromatic rings. The molecule has 0 spiro atoms. The van der Waals surface area contributed by atoms with Crippen molar-refractivity contribution in [2.75, 3.05) is 0 Å². The highest BCUT2D eigenvalue weighted by molar-refractivity contribution is 4.66. The SMILES string of the molecule is CCC(C)(C)CCCCCCCCCCCCC(C)(C)C. The summed E-state index contributed by atoms with van der Waals surface area (Å²) < 4.78 is 0. The Hall–Kier alpha value is 0. The van der Waals surface area contributed by atoms with E-state index in [-0.39, 0.29) is 0 Å². The first-order valence-corrected chi connectivity index (χ1v) is 9.77. The Bertz CT molecular complexity index is 219. The minimum Gasteiger partial charge on any atom is -0.0649 e. The van der Waals surface area contributed by atoms with Crippen LogP contribution in [0.4, 0.5) is 0 Å². The van der Waals surface area contributed by atoms with Crippen LogP contribution in [0.15, 0.2) is 0 Å². The predicted molar refractivity (Wildman–Crippen MR) is 98.9 cm³/mol. The van der Waals surface area contributed by atoms with E-state index < -0.39 is 0 Å². The van der Waals surface area contributed by atoms with Crippen LogP contribution in [-0.2, 0) is 0 Å². The fourth-order valence-electron chi connectivity index (χ4n) is 2.85. The van der Waals surface area contributed by atoms with Gasteiger partial charge in [-0.1, -0.05) is 112 Å². The molecule has 0 amide bonds. The zero-order valence-electron chi connectivity index (χ0n) is 16.2. The Morgan fingerprint density at radius 2 is 0.810 bits per heavy atom. The van der Waals surface area contributed by atoms with Crippen LogP contribution in [0.5, 0.6) is 0 Å². The van der Waals surface area contributed by atoms with Crippen molar-refractivity contribution in [2.24, 2.45) is 10.8 Å². The molecular weight excluding hydrogens is 252 g/mol. The molecule has 0 N–H and O–H groups in total. The van der Waals surface area contributed by atoms with Crippen LogP contribution in [0, 0.1) is 10.8 Å². The monoisotopic (exact) mass is 296 g/mol. The highest BCUT2D eigenvalue weighted by Gasteiger charge is 2.13. The van der Waals surface area contributed by atoms with Crippen molar-refractivity contribution in [1.29, 1.82) is 0 Å². The average molecular weight is 297 g/mol. The van der Waals surface area contributed by atoms with Gasteiger partial charge in [-0.3, -0.25) is 0 Å². The Labute approximate surface area is 136 Å². The van der Waals surface area contributed by atoms with E-state index in [0.29, 0.717) is 10.8 Å². The van der Waals surface area contributed by atoms with E-state index in [9.17, 15) is 0 Å². The molecule has 0 aliphatic rings. The fraction of sp³-hybridized carbons (Fsp3) is 1.00. The first kappa shape index (κ1) is 21.0. The Morgan fingerprint density at radius 3 is 1.14 bits per heavy atom. The second-order valence-corrected chi connectivity index (χ2v) is 9.11. The molecule has 0 bridgehead atoms. The van der Waals surface area contributed by atoms with Gasteiger partial charge in [-0.05, 0) is 23.7 Å². The smallest absolute Gasteiger partial charge is 0.0357 e. The van der Waals surface area contributed by atoms with Gasteiger partial charge in [-0.2, -0.15) is 0 Å². The second-order valence-electron chi connectivity index (χ2n) is 9.11. The van der Waals surface area contributed by atoms with Gasteiger partial charge in [0.2, 0.25) is 0 Å². The normalized spacial score (nSPS) is 12.9. The minimum absolute atomic E-state index is 0.534. The van der Waals surface area contributed by atoms with Gasteiger partial charge in [-0.15, -0.1) is 0 Å². The van der Waals surface area contributed by atoms with E-state index in [2.05, 4.69) is 41.5 Å². The van der Waals surface area contributed by atoms with Gasteiger partial charge >= 0.3 is 0 Å². The highest BCUT2D eigenvalue weighted by Crippen LogP contribution is 2.27. The Balaban J connectivity index is 3.16. The van der Waals surface area contributed by atoms with Crippen molar-refractivity contribution in [2.45, 2.75) is 125 Å². The standard InChI is InChI=1S/C21H44/c1-7-21(5,6)19-17-15-13-11-9-8-10-12-14-16-18-20(2,3)4/h7-19H2,1-6H3. The van der Waals surface area contributed by atoms with Crippen molar-refractivity contribution >= 4 is 0 Å². The summed E-state index contributed by atoms with van der Waals surface area (Å²) in [4.78, 5) is 0. The number of hydrogen-bond donors (Lipinski definition) is 0. The van der Waals surface area contributed by atoms with Crippen molar-refractivity contribution in [3.05, 3.63) is 0 Å². The summed E-state index contributed by atoms with van der Waals surface area (Å²) in [7, 11) is 0. The molecule has 0 heteroatoms. The summed E-state index contributed by atoms with van der Waals surface area (Å²) in [6.45, 7) is 14.2. The van der Waals surface area contributed by atoms with Crippen molar-refractivity contribution in [3.63, 3.8) is 0 Å². The molecule has 0 heterocycles. The largest absolute Gasteiger partial charge is 0.0649 e. The number of unbranched alkanes of at least 4 members (excludes halogenated alkanes) is 9. The maximum Gasteiger partial charge on any atom is -0.0357 e. The number of rotatable bonds is 13. The molecule has 0 aromatic carbocycles. The summed E-state index contributed by atoms with van der Waals surface area (Å²) >= 11 is 0. The van der Waals surface area contributed by atoms with Gasteiger partial charge in [0.25, 0.3) is 0 Å². The van der Waals surface area contributed by atoms with Crippen LogP contribution in [0.1, 0.15) is 125 Å². The minimum atomic E-state index is 0.534. The van der Waals surface area contributed by atoms with Crippen LogP contribution in [0.2, 0.25) is 0 Å². The average Bonchev–Trinajstić information content (AvgIpc) is 2.38. The fourth-order valence-corrected chi connectivity index (χ4v) is 2.85. The second kappa shape index (κ2) is 11.6. The summed E-state index contributed by atoms with van der Waals surface area (Å²) in [5, 5.41) is 0. The lowest BCUT2D eigenvalue weighted by molar-refractivity contribution is 0.307. The molecular formula is C21H44. The molecule has 0 unspecified atom stereocenters. The van der Waals surface area contributed by atoms with Crippen LogP contribution in [0.25, 0.3) is 0 Å². The van der Waals surface area contributed by atoms with Crippen LogP contribution in [-0.4, -0.2) is 0 Å². The molecule has 0 nitrogen and oxygen atoms in total. The van der Waals surface area contributed by atoms with E-state index in [4.69, 9.17) is 0 Å². The Kier molecular flexibility index (Phi) is 11.6. The number of hydrogen-bond acceptors (Lipinski definition) is 0. The lowest BCUT2D eigenvalue weighted by atomic mass is 9.84. The van der Waals surface area contributed by atoms with E-state index in [0.717, 1.165) is 0 Å². The topological polar surface area (TPSA) is 0 Å². The van der Waals surface area contributed by atoms with Gasteiger partial charge in [0.15, 0.2) is 0 Å². The van der Waals surface area contributed by atoms with Gasteiger partial charge in [0.1, 0.15) is 0 Å². The molecule has 0 saturated heterocycles. The summed E-state index contributed by atoms with van der Waals surface area (Å²) in [5.41, 5.74) is 1.11. The molecule has 0 aromatic heterocycles. The molecule has 0 rings (SSSR count). The maximum atomic E-state index is 2.41. The van der Waals surface area contributed by atoms with Crippen molar-refractivity contribution in [3.8, 4) is 0 Å². The van der Waals surface area contributed by atoms with E-state index in [1.807, 2.05) is 0 Å². The molecule has 128 valence electrons. The molecule has 21 heavy (non-hydrogen) atoms. The molecule has 0 fully saturated rings. The quantitative estimate of drug-likeness (QED) is 0.301. The maximum absolute atomic E-state index is 2.41. The van der Waals surface area contributed by atoms with Crippen molar-refractivity contribution < 1.29 is 0 Å². The molecule has 0 atom stereocenters. The summed E-state index contributed by atoms with van der Waals surface area (Å²) in [5.74, 6) is 0. The molecule has 0 aliphatic heterocycles. The highest BCUT2D eigenvalue weighted by atomic mass is 14.2. The third kappa shape index (κ3) is 16.2. The molecule has 0 aliphatic carbocycles. The third-order valence-corrected chi connectivity index (χ3v) is 4.99. The van der Waals surface area contributed by atoms with Gasteiger partial charge < -0.3 is 0 Å². The van der Waals surface area contributed by atoms with Crippen LogP contribution < -0.4 is 0 Å². The Morgan fingerprint density at radius 1 is 0.476 bits per heavy atom. The first-order valence-electron chi connectivity index (χ1n) is 9.77. The third-order valence-electron chi connectivity index (χ3n) is 4.99. The van der Waals surface area contributed by atoms with E-state index >= 15 is 0 Å². The molecule has 0 saturated carbocycles. The van der Waals surface area contributed by atoms with Crippen LogP contribution in [0.3, 0.4) is 0 Å². The predicted octanol–water partition coefficient (Wildman–Crippen LogP) is 8.15. The summed E-state index contributed by atoms with van der Waals surface area (Å²) in [6.07, 6.45) is 18.7. The van der Waals surface area contributed by atoms with Gasteiger partial charge in [0.05, 0.1) is 0 Å². The van der Waals surface area contributed by atoms with Gasteiger partial charge in [-0.25, -0.2) is 0 Å². The van der Waals surface area contributed by atoms with E-state index in [1.54, 1.807) is 0 Å². The summed E-state index contributed by atoms with van der Waals surface area (Å²) in [6, 6.07) is 0. The lowest BCUT2D eigenvalue weighted by Crippen LogP contribution is -2.08. The van der Waals surface area contributed by atoms with Crippen LogP contribution >= 0.6 is 0 Å². The van der Waals surface area contributed by atoms with Gasteiger partial charge in [0, 0.05) is 0 Å². The first-order chi connectivity index (χ1) is 9.77. The zero-order valence-corrected chi connectivity index (χ0v) is 16.2. The zero-order chi connectivity index (χ0) is 16.2.